The molecule has 134 valence electrons. The second-order valence-corrected chi connectivity index (χ2v) is 6.64. The Morgan fingerprint density at radius 2 is 2.08 bits per heavy atom. The number of hydrogen-bond donors (Lipinski definition) is 2. The zero-order chi connectivity index (χ0) is 18.4. The second-order valence-electron chi connectivity index (χ2n) is 5.46. The van der Waals surface area contributed by atoms with E-state index in [9.17, 15) is 4.79 Å². The Hall–Kier alpha value is -2.25. The minimum atomic E-state index is -0.332. The molecule has 0 radical (unpaired) electrons. The fourth-order valence-corrected chi connectivity index (χ4v) is 2.76. The fraction of sp³-hybridized carbons (Fsp3) is 0.333. The molecule has 1 heterocycles. The van der Waals surface area contributed by atoms with E-state index in [2.05, 4.69) is 17.2 Å². The van der Waals surface area contributed by atoms with E-state index in [1.807, 2.05) is 24.5 Å². The van der Waals surface area contributed by atoms with Crippen LogP contribution in [-0.2, 0) is 11.3 Å². The Labute approximate surface area is 152 Å². The van der Waals surface area contributed by atoms with Crippen molar-refractivity contribution in [3.05, 3.63) is 47.2 Å². The molecule has 1 unspecified atom stereocenters. The molecule has 0 aliphatic rings. The predicted octanol–water partition coefficient (Wildman–Crippen LogP) is 3.50. The average Bonchev–Trinajstić information content (AvgIpc) is 2.61. The third-order valence-electron chi connectivity index (χ3n) is 3.81. The van der Waals surface area contributed by atoms with E-state index in [1.54, 1.807) is 38.1 Å². The highest BCUT2D eigenvalue weighted by Gasteiger charge is 2.15. The Balaban J connectivity index is 2.27. The Kier molecular flexibility index (Phi) is 6.66. The smallest absolute Gasteiger partial charge is 0.259 e. The highest BCUT2D eigenvalue weighted by molar-refractivity contribution is 7.98. The van der Waals surface area contributed by atoms with Crippen molar-refractivity contribution in [3.63, 3.8) is 0 Å². The summed E-state index contributed by atoms with van der Waals surface area (Å²) >= 11 is 1.73. The third kappa shape index (κ3) is 4.64. The van der Waals surface area contributed by atoms with Gasteiger partial charge in [0, 0.05) is 12.4 Å². The van der Waals surface area contributed by atoms with Crippen LogP contribution in [0.5, 0.6) is 5.75 Å². The van der Waals surface area contributed by atoms with E-state index >= 15 is 0 Å². The van der Waals surface area contributed by atoms with Crippen LogP contribution < -0.4 is 15.8 Å². The van der Waals surface area contributed by atoms with E-state index in [-0.39, 0.29) is 11.7 Å². The fourth-order valence-electron chi connectivity index (χ4n) is 2.34. The van der Waals surface area contributed by atoms with Crippen molar-refractivity contribution in [2.45, 2.75) is 18.8 Å². The molecule has 0 saturated carbocycles. The molecule has 1 aromatic heterocycles. The minimum absolute atomic E-state index is 0.166. The first-order valence-electron chi connectivity index (χ1n) is 7.76. The van der Waals surface area contributed by atoms with Crippen molar-refractivity contribution in [2.75, 3.05) is 31.5 Å². The van der Waals surface area contributed by atoms with Gasteiger partial charge in [0.25, 0.3) is 5.91 Å². The van der Waals surface area contributed by atoms with E-state index in [4.69, 9.17) is 15.2 Å². The van der Waals surface area contributed by atoms with Gasteiger partial charge < -0.3 is 20.5 Å². The third-order valence-corrected chi connectivity index (χ3v) is 4.79. The summed E-state index contributed by atoms with van der Waals surface area (Å²) in [5, 5.41) is 3.17. The average molecular weight is 361 g/mol. The van der Waals surface area contributed by atoms with Gasteiger partial charge in [-0.1, -0.05) is 6.07 Å². The van der Waals surface area contributed by atoms with Gasteiger partial charge in [-0.25, -0.2) is 4.98 Å². The zero-order valence-electron chi connectivity index (χ0n) is 14.8. The molecule has 2 aromatic rings. The Morgan fingerprint density at radius 3 is 2.68 bits per heavy atom. The van der Waals surface area contributed by atoms with Crippen LogP contribution >= 0.6 is 11.8 Å². The van der Waals surface area contributed by atoms with Crippen LogP contribution in [0.4, 0.5) is 11.5 Å². The number of nitrogens with one attached hydrogen (secondary N) is 1. The number of carbonyl (C=O) groups excluding carboxylic acids is 1. The topological polar surface area (TPSA) is 86.5 Å². The number of ether oxygens (including phenoxy) is 2. The van der Waals surface area contributed by atoms with Gasteiger partial charge in [0.1, 0.15) is 11.6 Å². The number of nitrogens with zero attached hydrogens (tertiary/aromatic N) is 1. The van der Waals surface area contributed by atoms with Crippen molar-refractivity contribution in [1.29, 1.82) is 0 Å². The molecule has 3 N–H and O–H groups in total. The summed E-state index contributed by atoms with van der Waals surface area (Å²) in [5.41, 5.74) is 8.60. The molecule has 0 spiro atoms. The first-order chi connectivity index (χ1) is 12.0. The summed E-state index contributed by atoms with van der Waals surface area (Å²) in [5.74, 6) is 0.425. The molecule has 1 amide bonds. The van der Waals surface area contributed by atoms with Crippen molar-refractivity contribution in [2.24, 2.45) is 0 Å². The summed E-state index contributed by atoms with van der Waals surface area (Å²) in [7, 11) is 3.14. The van der Waals surface area contributed by atoms with Crippen LogP contribution in [0, 0.1) is 0 Å². The van der Waals surface area contributed by atoms with Gasteiger partial charge in [-0.3, -0.25) is 4.79 Å². The highest BCUT2D eigenvalue weighted by atomic mass is 32.2. The van der Waals surface area contributed by atoms with Gasteiger partial charge in [-0.05, 0) is 43.0 Å². The van der Waals surface area contributed by atoms with Gasteiger partial charge in [0.2, 0.25) is 0 Å². The van der Waals surface area contributed by atoms with Crippen molar-refractivity contribution < 1.29 is 14.3 Å². The molecule has 0 bridgehead atoms. The predicted molar refractivity (Wildman–Crippen MR) is 102 cm³/mol. The monoisotopic (exact) mass is 361 g/mol. The molecule has 6 nitrogen and oxygen atoms in total. The van der Waals surface area contributed by atoms with E-state index < -0.39 is 0 Å². The molecule has 0 saturated heterocycles. The molecular weight excluding hydrogens is 338 g/mol. The Morgan fingerprint density at radius 1 is 1.32 bits per heavy atom. The van der Waals surface area contributed by atoms with Crippen molar-refractivity contribution in [1.82, 2.24) is 4.98 Å². The molecule has 7 heteroatoms. The summed E-state index contributed by atoms with van der Waals surface area (Å²) < 4.78 is 10.4. The van der Waals surface area contributed by atoms with Crippen LogP contribution in [-0.4, -0.2) is 31.4 Å². The van der Waals surface area contributed by atoms with Crippen LogP contribution in [0.3, 0.4) is 0 Å². The number of carbonyl (C=O) groups is 1. The Bertz CT molecular complexity index is 752. The molecule has 0 aliphatic heterocycles. The first kappa shape index (κ1) is 19.1. The lowest BCUT2D eigenvalue weighted by molar-refractivity contribution is 0.102. The minimum Gasteiger partial charge on any atom is -0.495 e. The quantitative estimate of drug-likeness (QED) is 0.785. The number of hydrogen-bond acceptors (Lipinski definition) is 6. The molecule has 0 fully saturated rings. The number of rotatable bonds is 7. The summed E-state index contributed by atoms with van der Waals surface area (Å²) in [6, 6.07) is 9.12. The second kappa shape index (κ2) is 8.73. The van der Waals surface area contributed by atoms with Crippen molar-refractivity contribution in [3.8, 4) is 5.75 Å². The number of nitrogens with two attached hydrogens (primary N) is 1. The van der Waals surface area contributed by atoms with E-state index in [0.29, 0.717) is 34.6 Å². The maximum absolute atomic E-state index is 12.6. The maximum Gasteiger partial charge on any atom is 0.259 e. The molecule has 1 aromatic carbocycles. The van der Waals surface area contributed by atoms with Crippen LogP contribution in [0.2, 0.25) is 0 Å². The van der Waals surface area contributed by atoms with Crippen molar-refractivity contribution >= 4 is 29.2 Å². The van der Waals surface area contributed by atoms with Crippen LogP contribution in [0.25, 0.3) is 0 Å². The number of nitrogen functional groups attached to an aromatic ring is 1. The maximum atomic E-state index is 12.6. The number of anilines is 2. The molecule has 2 rings (SSSR count). The number of thioether (sulfide) groups is 1. The largest absolute Gasteiger partial charge is 0.495 e. The summed E-state index contributed by atoms with van der Waals surface area (Å²) in [4.78, 5) is 16.8. The SMILES string of the molecule is COCc1ccc(C(=O)Nc2cc(C(C)SC)ccc2OC)c(N)n1. The standard InChI is InChI=1S/C18H23N3O3S/c1-11(25-4)12-5-8-16(24-3)15(9-12)21-18(22)14-7-6-13(10-23-2)20-17(14)19/h5-9,11H,10H2,1-4H3,(H2,19,20)(H,21,22). The van der Waals surface area contributed by atoms with Gasteiger partial charge in [-0.15, -0.1) is 0 Å². The number of amides is 1. The van der Waals surface area contributed by atoms with E-state index in [0.717, 1.165) is 5.56 Å². The van der Waals surface area contributed by atoms with Gasteiger partial charge in [0.15, 0.2) is 0 Å². The molecule has 0 aliphatic carbocycles. The van der Waals surface area contributed by atoms with Gasteiger partial charge >= 0.3 is 0 Å². The van der Waals surface area contributed by atoms with Gasteiger partial charge in [-0.2, -0.15) is 11.8 Å². The van der Waals surface area contributed by atoms with Crippen LogP contribution in [0.15, 0.2) is 30.3 Å². The van der Waals surface area contributed by atoms with Crippen LogP contribution in [0.1, 0.15) is 33.8 Å². The van der Waals surface area contributed by atoms with Gasteiger partial charge in [0.05, 0.1) is 30.7 Å². The highest BCUT2D eigenvalue weighted by Crippen LogP contribution is 2.33. The first-order valence-corrected chi connectivity index (χ1v) is 9.05. The molecule has 25 heavy (non-hydrogen) atoms. The molecule has 1 atom stereocenters. The summed E-state index contributed by atoms with van der Waals surface area (Å²) in [6.07, 6.45) is 2.04. The van der Waals surface area contributed by atoms with E-state index in [1.165, 1.54) is 0 Å². The number of aromatic nitrogens is 1. The lowest BCUT2D eigenvalue weighted by atomic mass is 10.1. The zero-order valence-corrected chi connectivity index (χ0v) is 15.6. The number of benzene rings is 1. The lowest BCUT2D eigenvalue weighted by Crippen LogP contribution is -2.16. The number of methoxy groups -OCH3 is 2. The normalized spacial score (nSPS) is 11.8. The lowest BCUT2D eigenvalue weighted by Gasteiger charge is -2.15. The molecular formula is C18H23N3O3S. The number of pyridine rings is 1. The summed E-state index contributed by atoms with van der Waals surface area (Å²) in [6.45, 7) is 2.45.